The van der Waals surface area contributed by atoms with Gasteiger partial charge in [0, 0.05) is 19.2 Å². The van der Waals surface area contributed by atoms with E-state index in [1.165, 1.54) is 25.1 Å². The Balaban J connectivity index is 3.32. The molecule has 0 aliphatic heterocycles. The number of anilines is 1. The number of carbonyl (C=O) groups is 1. The Morgan fingerprint density at radius 1 is 1.47 bits per heavy atom. The van der Waals surface area contributed by atoms with Gasteiger partial charge >= 0.3 is 5.97 Å². The van der Waals surface area contributed by atoms with Crippen LogP contribution in [0.4, 0.5) is 11.4 Å². The molecule has 0 fully saturated rings. The number of esters is 1. The first kappa shape index (κ1) is 14.9. The number of ether oxygens (including phenoxy) is 1. The second kappa shape index (κ2) is 6.14. The third-order valence-corrected chi connectivity index (χ3v) is 2.99. The second-order valence-electron chi connectivity index (χ2n) is 3.62. The summed E-state index contributed by atoms with van der Waals surface area (Å²) < 4.78 is 25.9. The number of nitro groups is 1. The number of thiol groups is 1. The van der Waals surface area contributed by atoms with Crippen molar-refractivity contribution in [2.45, 2.75) is 0 Å². The van der Waals surface area contributed by atoms with Crippen LogP contribution in [0.15, 0.2) is 18.2 Å². The first-order valence-electron chi connectivity index (χ1n) is 5.06. The fourth-order valence-corrected chi connectivity index (χ4v) is 1.98. The van der Waals surface area contributed by atoms with E-state index in [1.807, 2.05) is 0 Å². The van der Waals surface area contributed by atoms with E-state index >= 15 is 0 Å². The molecule has 1 rings (SSSR count). The molecular formula is C10H12N2O6S. The van der Waals surface area contributed by atoms with Crippen LogP contribution in [0.25, 0.3) is 0 Å². The number of carbonyl (C=O) groups excluding carboxylic acids is 1. The maximum absolute atomic E-state index is 11.5. The van der Waals surface area contributed by atoms with Gasteiger partial charge in [0.25, 0.3) is 5.69 Å². The molecule has 0 aliphatic rings. The molecule has 1 aromatic carbocycles. The predicted octanol–water partition coefficient (Wildman–Crippen LogP) is 0.387. The number of rotatable bonds is 5. The molecule has 9 heteroatoms. The molecule has 0 bridgehead atoms. The van der Waals surface area contributed by atoms with Crippen molar-refractivity contribution < 1.29 is 22.9 Å². The summed E-state index contributed by atoms with van der Waals surface area (Å²) in [6, 6.07) is 3.51. The summed E-state index contributed by atoms with van der Waals surface area (Å²) in [7, 11) is -0.139. The van der Waals surface area contributed by atoms with Crippen LogP contribution >= 0.6 is 0 Å². The van der Waals surface area contributed by atoms with E-state index in [2.05, 4.69) is 4.74 Å². The summed E-state index contributed by atoms with van der Waals surface area (Å²) in [6.45, 7) is 0. The van der Waals surface area contributed by atoms with Crippen LogP contribution in [0, 0.1) is 10.1 Å². The van der Waals surface area contributed by atoms with Crippen molar-refractivity contribution in [2.75, 3.05) is 24.9 Å². The van der Waals surface area contributed by atoms with Gasteiger partial charge in [-0.15, -0.1) is 0 Å². The summed E-state index contributed by atoms with van der Waals surface area (Å²) in [6.07, 6.45) is 0. The van der Waals surface area contributed by atoms with Crippen LogP contribution in [0.5, 0.6) is 0 Å². The summed E-state index contributed by atoms with van der Waals surface area (Å²) in [5, 5.41) is 10.7. The lowest BCUT2D eigenvalue weighted by molar-refractivity contribution is -0.384. The highest BCUT2D eigenvalue weighted by Crippen LogP contribution is 2.26. The minimum Gasteiger partial charge on any atom is -0.465 e. The van der Waals surface area contributed by atoms with E-state index in [4.69, 9.17) is 0 Å². The van der Waals surface area contributed by atoms with Gasteiger partial charge in [-0.1, -0.05) is 0 Å². The topological polar surface area (TPSA) is 107 Å². The molecule has 0 N–H and O–H groups in total. The van der Waals surface area contributed by atoms with E-state index in [0.717, 1.165) is 12.1 Å². The van der Waals surface area contributed by atoms with Gasteiger partial charge in [0.15, 0.2) is 10.7 Å². The summed E-state index contributed by atoms with van der Waals surface area (Å²) in [5.41, 5.74) is -0.0525. The Morgan fingerprint density at radius 2 is 2.11 bits per heavy atom. The molecule has 0 saturated carbocycles. The van der Waals surface area contributed by atoms with Crippen molar-refractivity contribution in [1.29, 1.82) is 0 Å². The van der Waals surface area contributed by atoms with Gasteiger partial charge in [-0.25, -0.2) is 13.2 Å². The molecule has 0 heterocycles. The molecule has 0 atom stereocenters. The van der Waals surface area contributed by atoms with Crippen molar-refractivity contribution in [2.24, 2.45) is 0 Å². The molecule has 19 heavy (non-hydrogen) atoms. The second-order valence-corrected chi connectivity index (χ2v) is 4.57. The average molecular weight is 288 g/mol. The zero-order chi connectivity index (χ0) is 14.6. The largest absolute Gasteiger partial charge is 0.465 e. The lowest BCUT2D eigenvalue weighted by Crippen LogP contribution is -2.22. The van der Waals surface area contributed by atoms with Crippen LogP contribution in [-0.2, 0) is 15.4 Å². The summed E-state index contributed by atoms with van der Waals surface area (Å²) in [5.74, 6) is -1.06. The van der Waals surface area contributed by atoms with E-state index in [9.17, 15) is 23.3 Å². The maximum atomic E-state index is 11.5. The van der Waals surface area contributed by atoms with E-state index < -0.39 is 21.6 Å². The molecule has 0 saturated heterocycles. The molecule has 0 aromatic heterocycles. The molecular weight excluding hydrogens is 276 g/mol. The molecule has 104 valence electrons. The zero-order valence-corrected chi connectivity index (χ0v) is 11.1. The summed E-state index contributed by atoms with van der Waals surface area (Å²) in [4.78, 5) is 22.8. The molecule has 8 nitrogen and oxygen atoms in total. The van der Waals surface area contributed by atoms with Gasteiger partial charge in [0.2, 0.25) is 0 Å². The number of hydrogen-bond donors (Lipinski definition) is 1. The minimum absolute atomic E-state index is 0.0625. The molecule has 0 aliphatic carbocycles. The van der Waals surface area contributed by atoms with Crippen molar-refractivity contribution in [3.05, 3.63) is 33.9 Å². The van der Waals surface area contributed by atoms with Gasteiger partial charge in [-0.2, -0.15) is 0 Å². The number of methoxy groups -OCH3 is 1. The van der Waals surface area contributed by atoms with Crippen molar-refractivity contribution >= 4 is 28.0 Å². The van der Waals surface area contributed by atoms with Crippen LogP contribution in [0.1, 0.15) is 10.4 Å². The lowest BCUT2D eigenvalue weighted by Gasteiger charge is -2.18. The van der Waals surface area contributed by atoms with Crippen molar-refractivity contribution in [3.63, 3.8) is 0 Å². The molecule has 0 radical (unpaired) electrons. The Morgan fingerprint density at radius 3 is 2.58 bits per heavy atom. The molecule has 0 amide bonds. The predicted molar refractivity (Wildman–Crippen MR) is 68.0 cm³/mol. The Kier molecular flexibility index (Phi) is 4.81. The van der Waals surface area contributed by atoms with Gasteiger partial charge in [0.1, 0.15) is 5.88 Å². The highest BCUT2D eigenvalue weighted by Gasteiger charge is 2.19. The maximum Gasteiger partial charge on any atom is 0.339 e. The SMILES string of the molecule is COC(=O)c1ccc([N+](=O)[O-])cc1N(C)C[SH](=O)=O. The average Bonchev–Trinajstić information content (AvgIpc) is 2.36. The number of non-ortho nitro benzene ring substituents is 1. The van der Waals surface area contributed by atoms with Crippen LogP contribution in [0.3, 0.4) is 0 Å². The van der Waals surface area contributed by atoms with E-state index in [-0.39, 0.29) is 22.8 Å². The highest BCUT2D eigenvalue weighted by molar-refractivity contribution is 7.72. The van der Waals surface area contributed by atoms with Crippen molar-refractivity contribution in [1.82, 2.24) is 0 Å². The fraction of sp³-hybridized carbons (Fsp3) is 0.300. The van der Waals surface area contributed by atoms with Gasteiger partial charge in [-0.3, -0.25) is 10.1 Å². The number of nitro benzene ring substituents is 1. The summed E-state index contributed by atoms with van der Waals surface area (Å²) >= 11 is 0. The van der Waals surface area contributed by atoms with Crippen LogP contribution in [-0.4, -0.2) is 39.3 Å². The van der Waals surface area contributed by atoms with E-state index in [1.54, 1.807) is 0 Å². The molecule has 0 spiro atoms. The van der Waals surface area contributed by atoms with Crippen LogP contribution in [0.2, 0.25) is 0 Å². The molecule has 0 unspecified atom stereocenters. The monoisotopic (exact) mass is 288 g/mol. The third kappa shape index (κ3) is 3.65. The number of hydrogen-bond acceptors (Lipinski definition) is 7. The Hall–Kier alpha value is -2.16. The van der Waals surface area contributed by atoms with Crippen LogP contribution < -0.4 is 4.90 Å². The fourth-order valence-electron chi connectivity index (χ4n) is 1.48. The lowest BCUT2D eigenvalue weighted by atomic mass is 10.1. The normalized spacial score (nSPS) is 10.3. The number of benzene rings is 1. The third-order valence-electron chi connectivity index (χ3n) is 2.34. The standard InChI is InChI=1S/C10H12N2O6S/c1-11(6-19(16)17)9-5-7(12(14)15)3-4-8(9)10(13)18-2/h3-5,19H,6H2,1-2H3. The molecule has 1 aromatic rings. The highest BCUT2D eigenvalue weighted by atomic mass is 32.2. The van der Waals surface area contributed by atoms with Gasteiger partial charge < -0.3 is 9.64 Å². The Labute approximate surface area is 110 Å². The smallest absolute Gasteiger partial charge is 0.339 e. The first-order valence-corrected chi connectivity index (χ1v) is 6.42. The number of nitrogens with zero attached hydrogens (tertiary/aromatic N) is 2. The first-order chi connectivity index (χ1) is 8.86. The Bertz CT molecular complexity index is 575. The zero-order valence-electron chi connectivity index (χ0n) is 10.2. The quantitative estimate of drug-likeness (QED) is 0.361. The van der Waals surface area contributed by atoms with E-state index in [0.29, 0.717) is 0 Å². The van der Waals surface area contributed by atoms with Crippen molar-refractivity contribution in [3.8, 4) is 0 Å². The van der Waals surface area contributed by atoms with Gasteiger partial charge in [-0.05, 0) is 6.07 Å². The minimum atomic E-state index is -2.72. The van der Waals surface area contributed by atoms with Gasteiger partial charge in [0.05, 0.1) is 23.3 Å².